The Morgan fingerprint density at radius 3 is 2.51 bits per heavy atom. The second-order valence-corrected chi connectivity index (χ2v) is 8.78. The summed E-state index contributed by atoms with van der Waals surface area (Å²) >= 11 is 0. The third kappa shape index (κ3) is 5.26. The molecule has 2 aromatic heterocycles. The van der Waals surface area contributed by atoms with Gasteiger partial charge in [0.15, 0.2) is 5.65 Å². The predicted octanol–water partition coefficient (Wildman–Crippen LogP) is 3.38. The van der Waals surface area contributed by atoms with Crippen LogP contribution in [0.3, 0.4) is 0 Å². The fraction of sp³-hybridized carbons (Fsp3) is 0.435. The van der Waals surface area contributed by atoms with E-state index in [4.69, 9.17) is 9.47 Å². The van der Waals surface area contributed by atoms with Crippen LogP contribution in [0.2, 0.25) is 0 Å². The molecule has 0 saturated heterocycles. The molecule has 4 rings (SSSR count). The molecule has 1 aromatic carbocycles. The van der Waals surface area contributed by atoms with Crippen molar-refractivity contribution in [3.63, 3.8) is 0 Å². The van der Waals surface area contributed by atoms with Crippen molar-refractivity contribution in [1.82, 2.24) is 19.9 Å². The van der Waals surface area contributed by atoms with Crippen LogP contribution in [0, 0.1) is 0 Å². The van der Waals surface area contributed by atoms with Crippen molar-refractivity contribution in [2.24, 2.45) is 0 Å². The Labute approximate surface area is 198 Å². The normalized spacial score (nSPS) is 18.4. The number of carbonyl (C=O) groups is 1. The number of methoxy groups -OCH3 is 1. The first-order valence-corrected chi connectivity index (χ1v) is 10.8. The molecule has 2 N–H and O–H groups in total. The smallest absolute Gasteiger partial charge is 0.387 e. The van der Waals surface area contributed by atoms with E-state index < -0.39 is 42.2 Å². The molecule has 9 nitrogen and oxygen atoms in total. The number of aromatic nitrogens is 3. The van der Waals surface area contributed by atoms with Crippen molar-refractivity contribution in [1.29, 1.82) is 0 Å². The highest BCUT2D eigenvalue weighted by molar-refractivity contribution is 6.01. The summed E-state index contributed by atoms with van der Waals surface area (Å²) < 4.78 is 56.7. The predicted molar refractivity (Wildman–Crippen MR) is 119 cm³/mol. The second kappa shape index (κ2) is 9.25. The number of imidazole rings is 1. The minimum Gasteiger partial charge on any atom is -0.496 e. The second-order valence-electron chi connectivity index (χ2n) is 8.78. The van der Waals surface area contributed by atoms with Gasteiger partial charge in [-0.15, -0.1) is 0 Å². The molecule has 3 aromatic rings. The number of halogens is 3. The van der Waals surface area contributed by atoms with Crippen LogP contribution in [0.5, 0.6) is 17.2 Å². The van der Waals surface area contributed by atoms with Gasteiger partial charge in [-0.2, -0.15) is 13.9 Å². The van der Waals surface area contributed by atoms with Gasteiger partial charge in [-0.05, 0) is 32.9 Å². The monoisotopic (exact) mass is 494 g/mol. The number of amides is 1. The Kier molecular flexibility index (Phi) is 6.50. The van der Waals surface area contributed by atoms with E-state index in [0.717, 1.165) is 0 Å². The van der Waals surface area contributed by atoms with Gasteiger partial charge in [0.1, 0.15) is 35.1 Å². The number of carbonyl (C=O) groups excluding carboxylic acids is 1. The van der Waals surface area contributed by atoms with Gasteiger partial charge in [0.2, 0.25) is 0 Å². The molecule has 12 heteroatoms. The lowest BCUT2D eigenvalue weighted by molar-refractivity contribution is -0.0502. The highest BCUT2D eigenvalue weighted by atomic mass is 19.3. The van der Waals surface area contributed by atoms with Crippen LogP contribution >= 0.6 is 0 Å². The summed E-state index contributed by atoms with van der Waals surface area (Å²) in [6, 6.07) is 3.64. The quantitative estimate of drug-likeness (QED) is 0.470. The summed E-state index contributed by atoms with van der Waals surface area (Å²) in [4.78, 5) is 17.0. The van der Waals surface area contributed by atoms with E-state index in [1.807, 2.05) is 0 Å². The molecule has 1 amide bonds. The molecular formula is C23H25F3N4O5. The van der Waals surface area contributed by atoms with E-state index in [2.05, 4.69) is 20.1 Å². The van der Waals surface area contributed by atoms with Crippen molar-refractivity contribution in [2.75, 3.05) is 7.11 Å². The fourth-order valence-corrected chi connectivity index (χ4v) is 3.33. The van der Waals surface area contributed by atoms with Crippen LogP contribution in [0.4, 0.5) is 13.2 Å². The SMILES string of the molecule is COc1cc(-c2cnc3cc(OC(C)C(C)(C)O)cnn23)cc(OC(F)F)c1C(=O)NC1C[C@@H]1F. The standard InChI is InChI=1S/C23H25F3N4O5/c1-11(23(2,3)32)34-13-7-19-27-10-16(30(19)28-9-13)12-5-17(33-4)20(18(6-12)35-22(25)26)21(31)29-15-8-14(15)24/h5-7,9-11,14-15,22,32H,8H2,1-4H3,(H,29,31)/t11?,14-,15?/m0/s1. The Morgan fingerprint density at radius 1 is 1.23 bits per heavy atom. The lowest BCUT2D eigenvalue weighted by Gasteiger charge is -2.26. The van der Waals surface area contributed by atoms with E-state index in [-0.39, 0.29) is 17.7 Å². The number of hydrogen-bond donors (Lipinski definition) is 2. The summed E-state index contributed by atoms with van der Waals surface area (Å²) in [5, 5.41) is 16.8. The number of rotatable bonds is 9. The van der Waals surface area contributed by atoms with Gasteiger partial charge in [-0.3, -0.25) is 4.79 Å². The van der Waals surface area contributed by atoms with E-state index in [9.17, 15) is 23.1 Å². The molecule has 35 heavy (non-hydrogen) atoms. The van der Waals surface area contributed by atoms with Gasteiger partial charge < -0.3 is 24.6 Å². The first-order chi connectivity index (χ1) is 16.5. The zero-order valence-electron chi connectivity index (χ0n) is 19.5. The summed E-state index contributed by atoms with van der Waals surface area (Å²) in [7, 11) is 1.28. The van der Waals surface area contributed by atoms with Crippen molar-refractivity contribution in [3.05, 3.63) is 36.2 Å². The number of ether oxygens (including phenoxy) is 3. The van der Waals surface area contributed by atoms with Gasteiger partial charge >= 0.3 is 6.61 Å². The van der Waals surface area contributed by atoms with E-state index in [0.29, 0.717) is 22.7 Å². The highest BCUT2D eigenvalue weighted by Crippen LogP contribution is 2.37. The van der Waals surface area contributed by atoms with Gasteiger partial charge in [-0.1, -0.05) is 0 Å². The van der Waals surface area contributed by atoms with Crippen molar-refractivity contribution < 1.29 is 37.3 Å². The van der Waals surface area contributed by atoms with Gasteiger partial charge in [-0.25, -0.2) is 13.9 Å². The summed E-state index contributed by atoms with van der Waals surface area (Å²) in [5.41, 5.74) is -0.225. The topological polar surface area (TPSA) is 107 Å². The number of fused-ring (bicyclic) bond motifs is 1. The number of nitrogens with one attached hydrogen (secondary N) is 1. The maximum atomic E-state index is 13.3. The number of nitrogens with zero attached hydrogens (tertiary/aromatic N) is 3. The van der Waals surface area contributed by atoms with Gasteiger partial charge in [0.25, 0.3) is 5.91 Å². The average Bonchev–Trinajstić information content (AvgIpc) is 3.29. The molecule has 0 bridgehead atoms. The maximum absolute atomic E-state index is 13.3. The molecule has 3 atom stereocenters. The minimum absolute atomic E-state index is 0.0411. The molecule has 0 spiro atoms. The zero-order chi connectivity index (χ0) is 25.5. The first-order valence-electron chi connectivity index (χ1n) is 10.8. The van der Waals surface area contributed by atoms with Gasteiger partial charge in [0.05, 0.1) is 36.8 Å². The molecule has 1 aliphatic carbocycles. The Hall–Kier alpha value is -3.54. The summed E-state index contributed by atoms with van der Waals surface area (Å²) in [6.07, 6.45) is 1.35. The number of hydrogen-bond acceptors (Lipinski definition) is 7. The Morgan fingerprint density at radius 2 is 1.91 bits per heavy atom. The largest absolute Gasteiger partial charge is 0.496 e. The van der Waals surface area contributed by atoms with Crippen molar-refractivity contribution >= 4 is 11.6 Å². The molecule has 2 unspecified atom stereocenters. The van der Waals surface area contributed by atoms with Crippen LogP contribution in [0.25, 0.3) is 16.9 Å². The number of aliphatic hydroxyl groups is 1. The van der Waals surface area contributed by atoms with Crippen LogP contribution in [0.1, 0.15) is 37.6 Å². The molecule has 2 heterocycles. The van der Waals surface area contributed by atoms with Crippen LogP contribution in [-0.4, -0.2) is 63.3 Å². The molecule has 0 radical (unpaired) electrons. The van der Waals surface area contributed by atoms with Crippen LogP contribution in [-0.2, 0) is 0 Å². The van der Waals surface area contributed by atoms with E-state index >= 15 is 0 Å². The van der Waals surface area contributed by atoms with Crippen molar-refractivity contribution in [2.45, 2.75) is 57.7 Å². The Bertz CT molecular complexity index is 1240. The van der Waals surface area contributed by atoms with Crippen molar-refractivity contribution in [3.8, 4) is 28.5 Å². The lowest BCUT2D eigenvalue weighted by atomic mass is 10.0. The summed E-state index contributed by atoms with van der Waals surface area (Å²) in [6.45, 7) is 1.74. The first kappa shape index (κ1) is 24.6. The maximum Gasteiger partial charge on any atom is 0.387 e. The van der Waals surface area contributed by atoms with E-state index in [1.165, 1.54) is 36.2 Å². The molecule has 1 saturated carbocycles. The fourth-order valence-electron chi connectivity index (χ4n) is 3.33. The molecule has 188 valence electrons. The van der Waals surface area contributed by atoms with Crippen LogP contribution < -0.4 is 19.5 Å². The molecule has 1 fully saturated rings. The summed E-state index contributed by atoms with van der Waals surface area (Å²) in [5.74, 6) is -0.882. The Balaban J connectivity index is 1.72. The average molecular weight is 494 g/mol. The third-order valence-corrected chi connectivity index (χ3v) is 5.70. The number of benzene rings is 1. The van der Waals surface area contributed by atoms with Crippen LogP contribution in [0.15, 0.2) is 30.6 Å². The highest BCUT2D eigenvalue weighted by Gasteiger charge is 2.40. The zero-order valence-corrected chi connectivity index (χ0v) is 19.5. The molecule has 0 aliphatic heterocycles. The van der Waals surface area contributed by atoms with E-state index in [1.54, 1.807) is 26.8 Å². The lowest BCUT2D eigenvalue weighted by Crippen LogP contribution is -2.37. The third-order valence-electron chi connectivity index (χ3n) is 5.70. The molecular weight excluding hydrogens is 469 g/mol. The minimum atomic E-state index is -3.21. The number of alkyl halides is 3. The molecule has 1 aliphatic rings. The van der Waals surface area contributed by atoms with Gasteiger partial charge in [0, 0.05) is 18.1 Å².